The van der Waals surface area contributed by atoms with Crippen LogP contribution in [0.3, 0.4) is 0 Å². The smallest absolute Gasteiger partial charge is 0.237 e. The summed E-state index contributed by atoms with van der Waals surface area (Å²) < 4.78 is 5.18. The molecule has 2 N–H and O–H groups in total. The molecule has 0 fully saturated rings. The maximum absolute atomic E-state index is 5.90. The highest BCUT2D eigenvalue weighted by molar-refractivity contribution is 7.98. The summed E-state index contributed by atoms with van der Waals surface area (Å²) in [6.45, 7) is 2.08. The lowest BCUT2D eigenvalue weighted by Crippen LogP contribution is -1.95. The molecule has 0 aliphatic rings. The Kier molecular flexibility index (Phi) is 3.83. The van der Waals surface area contributed by atoms with Crippen molar-refractivity contribution < 1.29 is 4.52 Å². The molecule has 0 unspecified atom stereocenters. The minimum absolute atomic E-state index is 0.510. The molecule has 0 atom stereocenters. The van der Waals surface area contributed by atoms with Crippen LogP contribution in [0.5, 0.6) is 0 Å². The summed E-state index contributed by atoms with van der Waals surface area (Å²) in [5, 5.41) is 7.41. The second-order valence-electron chi connectivity index (χ2n) is 4.17. The van der Waals surface area contributed by atoms with Gasteiger partial charge in [-0.1, -0.05) is 23.8 Å². The average molecular weight is 307 g/mol. The lowest BCUT2D eigenvalue weighted by atomic mass is 10.3. The molecule has 0 aromatic carbocycles. The molecule has 8 heteroatoms. The summed E-state index contributed by atoms with van der Waals surface area (Å²) in [4.78, 5) is 13.9. The molecule has 3 heterocycles. The number of nitrogens with zero attached hydrogens (tertiary/aromatic N) is 4. The first-order chi connectivity index (χ1) is 9.76. The van der Waals surface area contributed by atoms with E-state index in [4.69, 9.17) is 10.3 Å². The number of fused-ring (bicyclic) bond motifs is 1. The van der Waals surface area contributed by atoms with E-state index in [1.54, 1.807) is 11.3 Å². The van der Waals surface area contributed by atoms with E-state index in [1.807, 2.05) is 11.4 Å². The number of aryl methyl sites for hydroxylation is 1. The fourth-order valence-corrected chi connectivity index (χ4v) is 3.24. The molecule has 0 aliphatic heterocycles. The Balaban J connectivity index is 1.72. The Bertz CT molecular complexity index is 724. The first-order valence-corrected chi connectivity index (χ1v) is 8.07. The van der Waals surface area contributed by atoms with Gasteiger partial charge in [0.2, 0.25) is 5.89 Å². The summed E-state index contributed by atoms with van der Waals surface area (Å²) >= 11 is 3.00. The van der Waals surface area contributed by atoms with Crippen LogP contribution in [-0.4, -0.2) is 20.1 Å². The highest BCUT2D eigenvalue weighted by atomic mass is 32.2. The maximum Gasteiger partial charge on any atom is 0.237 e. The maximum atomic E-state index is 5.90. The zero-order valence-corrected chi connectivity index (χ0v) is 12.5. The number of hydrogen-bond donors (Lipinski definition) is 1. The van der Waals surface area contributed by atoms with Gasteiger partial charge in [0.25, 0.3) is 0 Å². The van der Waals surface area contributed by atoms with Gasteiger partial charge in [-0.2, -0.15) is 4.98 Å². The largest absolute Gasteiger partial charge is 0.383 e. The predicted molar refractivity (Wildman–Crippen MR) is 79.7 cm³/mol. The third-order valence-corrected chi connectivity index (χ3v) is 4.28. The van der Waals surface area contributed by atoms with Crippen molar-refractivity contribution in [2.45, 2.75) is 30.7 Å². The van der Waals surface area contributed by atoms with Crippen molar-refractivity contribution in [1.82, 2.24) is 20.1 Å². The van der Waals surface area contributed by atoms with E-state index >= 15 is 0 Å². The second-order valence-corrected chi connectivity index (χ2v) is 6.01. The monoisotopic (exact) mass is 307 g/mol. The van der Waals surface area contributed by atoms with E-state index in [0.29, 0.717) is 22.6 Å². The first kappa shape index (κ1) is 13.3. The fourth-order valence-electron chi connectivity index (χ4n) is 1.72. The van der Waals surface area contributed by atoms with Crippen LogP contribution in [0.15, 0.2) is 21.1 Å². The quantitative estimate of drug-likeness (QED) is 0.572. The molecule has 0 aliphatic carbocycles. The van der Waals surface area contributed by atoms with Crippen molar-refractivity contribution in [3.05, 3.63) is 23.2 Å². The predicted octanol–water partition coefficient (Wildman–Crippen LogP) is 2.90. The molecule has 0 saturated carbocycles. The van der Waals surface area contributed by atoms with Crippen LogP contribution < -0.4 is 5.73 Å². The second kappa shape index (κ2) is 5.76. The molecule has 20 heavy (non-hydrogen) atoms. The van der Waals surface area contributed by atoms with Crippen molar-refractivity contribution >= 4 is 39.1 Å². The number of nitrogen functional groups attached to an aromatic ring is 1. The zero-order chi connectivity index (χ0) is 13.9. The first-order valence-electron chi connectivity index (χ1n) is 6.21. The van der Waals surface area contributed by atoms with Crippen molar-refractivity contribution in [2.75, 3.05) is 5.73 Å². The van der Waals surface area contributed by atoms with E-state index in [1.165, 1.54) is 11.8 Å². The van der Waals surface area contributed by atoms with E-state index < -0.39 is 0 Å². The van der Waals surface area contributed by atoms with E-state index in [9.17, 15) is 0 Å². The van der Waals surface area contributed by atoms with Gasteiger partial charge in [0.1, 0.15) is 10.6 Å². The van der Waals surface area contributed by atoms with Crippen molar-refractivity contribution in [3.8, 4) is 0 Å². The SMILES string of the molecule is CCCc1noc(CSc2nc(N)c3ccsc3n2)n1. The lowest BCUT2D eigenvalue weighted by molar-refractivity contribution is 0.384. The van der Waals surface area contributed by atoms with Gasteiger partial charge in [-0.15, -0.1) is 11.3 Å². The van der Waals surface area contributed by atoms with Crippen molar-refractivity contribution in [3.63, 3.8) is 0 Å². The number of aromatic nitrogens is 4. The van der Waals surface area contributed by atoms with Gasteiger partial charge in [-0.25, -0.2) is 9.97 Å². The van der Waals surface area contributed by atoms with E-state index in [2.05, 4.69) is 27.0 Å². The number of rotatable bonds is 5. The summed E-state index contributed by atoms with van der Waals surface area (Å²) in [5.74, 6) is 2.40. The van der Waals surface area contributed by atoms with Crippen LogP contribution in [0, 0.1) is 0 Å². The molecule has 0 saturated heterocycles. The molecular weight excluding hydrogens is 294 g/mol. The van der Waals surface area contributed by atoms with Gasteiger partial charge in [-0.05, 0) is 17.9 Å². The van der Waals surface area contributed by atoms with Crippen LogP contribution >= 0.6 is 23.1 Å². The van der Waals surface area contributed by atoms with Crippen LogP contribution in [0.1, 0.15) is 25.1 Å². The van der Waals surface area contributed by atoms with Gasteiger partial charge >= 0.3 is 0 Å². The number of thiophene rings is 1. The van der Waals surface area contributed by atoms with E-state index in [-0.39, 0.29) is 0 Å². The third kappa shape index (κ3) is 2.75. The minimum Gasteiger partial charge on any atom is -0.383 e. The van der Waals surface area contributed by atoms with Gasteiger partial charge in [0, 0.05) is 6.42 Å². The highest BCUT2D eigenvalue weighted by Crippen LogP contribution is 2.27. The van der Waals surface area contributed by atoms with Crippen LogP contribution in [0.2, 0.25) is 0 Å². The standard InChI is InChI=1S/C12H13N5OS2/c1-2-3-8-14-9(18-17-8)6-20-12-15-10(13)7-4-5-19-11(7)16-12/h4-5H,2-3,6H2,1H3,(H2,13,15,16). The number of thioether (sulfide) groups is 1. The number of nitrogens with two attached hydrogens (primary N) is 1. The Morgan fingerprint density at radius 2 is 2.25 bits per heavy atom. The zero-order valence-electron chi connectivity index (χ0n) is 10.9. The van der Waals surface area contributed by atoms with Crippen LogP contribution in [0.4, 0.5) is 5.82 Å². The molecule has 0 amide bonds. The highest BCUT2D eigenvalue weighted by Gasteiger charge is 2.10. The van der Waals surface area contributed by atoms with Gasteiger partial charge in [0.15, 0.2) is 11.0 Å². The van der Waals surface area contributed by atoms with Gasteiger partial charge < -0.3 is 10.3 Å². The van der Waals surface area contributed by atoms with Crippen molar-refractivity contribution in [2.24, 2.45) is 0 Å². The van der Waals surface area contributed by atoms with Gasteiger partial charge in [0.05, 0.1) is 11.1 Å². The molecule has 3 aromatic heterocycles. The molecular formula is C12H13N5OS2. The summed E-state index contributed by atoms with van der Waals surface area (Å²) in [7, 11) is 0. The Morgan fingerprint density at radius 1 is 1.35 bits per heavy atom. The molecule has 104 valence electrons. The topological polar surface area (TPSA) is 90.7 Å². The molecule has 0 radical (unpaired) electrons. The van der Waals surface area contributed by atoms with Crippen LogP contribution in [0.25, 0.3) is 10.2 Å². The third-order valence-electron chi connectivity index (χ3n) is 2.64. The normalized spacial score (nSPS) is 11.2. The summed E-state index contributed by atoms with van der Waals surface area (Å²) in [6, 6.07) is 1.93. The van der Waals surface area contributed by atoms with Crippen molar-refractivity contribution in [1.29, 1.82) is 0 Å². The minimum atomic E-state index is 0.510. The average Bonchev–Trinajstić information content (AvgIpc) is 3.06. The molecule has 3 rings (SSSR count). The summed E-state index contributed by atoms with van der Waals surface area (Å²) in [6.07, 6.45) is 1.83. The Labute approximate surface area is 123 Å². The van der Waals surface area contributed by atoms with Crippen LogP contribution in [-0.2, 0) is 12.2 Å². The molecule has 6 nitrogen and oxygen atoms in total. The molecule has 0 bridgehead atoms. The number of hydrogen-bond acceptors (Lipinski definition) is 8. The summed E-state index contributed by atoms with van der Waals surface area (Å²) in [5.41, 5.74) is 5.90. The van der Waals surface area contributed by atoms with E-state index in [0.717, 1.165) is 28.9 Å². The lowest BCUT2D eigenvalue weighted by Gasteiger charge is -2.00. The Hall–Kier alpha value is -1.67. The fraction of sp³-hybridized carbons (Fsp3) is 0.333. The molecule has 0 spiro atoms. The Morgan fingerprint density at radius 3 is 3.10 bits per heavy atom. The molecule has 3 aromatic rings. The number of anilines is 1. The van der Waals surface area contributed by atoms with Gasteiger partial charge in [-0.3, -0.25) is 0 Å².